The molecule has 0 aliphatic rings. The Morgan fingerprint density at radius 2 is 0.694 bits per heavy atom. The zero-order valence-electron chi connectivity index (χ0n) is 25.4. The van der Waals surface area contributed by atoms with Crippen molar-refractivity contribution in [2.24, 2.45) is 21.7 Å². The summed E-state index contributed by atoms with van der Waals surface area (Å²) in [5.74, 6) is 0. The van der Waals surface area contributed by atoms with Crippen molar-refractivity contribution in [2.75, 3.05) is 0 Å². The molecule has 202 valence electrons. The predicted molar refractivity (Wildman–Crippen MR) is 155 cm³/mol. The molecule has 2 aromatic carbocycles. The standard InChI is InChI=1S/C34H54O2/c1-29(2,3)23-31(7,8)25-33(11,27-19-15-13-16-20-27)35-36-34(12,28-21-17-14-18-22-28)26-32(9,10)24-30(4,5)6/h13-22H,23-26H2,1-12H3. The molecule has 0 heterocycles. The lowest BCUT2D eigenvalue weighted by Gasteiger charge is -2.44. The largest absolute Gasteiger partial charge is 0.225 e. The van der Waals surface area contributed by atoms with E-state index in [1.54, 1.807) is 0 Å². The first kappa shape index (κ1) is 30.6. The van der Waals surface area contributed by atoms with E-state index in [9.17, 15) is 0 Å². The third-order valence-corrected chi connectivity index (χ3v) is 6.83. The molecule has 0 aromatic heterocycles. The van der Waals surface area contributed by atoms with Crippen LogP contribution < -0.4 is 0 Å². The van der Waals surface area contributed by atoms with Crippen LogP contribution in [0.25, 0.3) is 0 Å². The zero-order chi connectivity index (χ0) is 27.5. The fourth-order valence-corrected chi connectivity index (χ4v) is 6.95. The van der Waals surface area contributed by atoms with Gasteiger partial charge in [-0.2, -0.15) is 0 Å². The second-order valence-electron chi connectivity index (χ2n) is 15.5. The first-order chi connectivity index (χ1) is 16.2. The summed E-state index contributed by atoms with van der Waals surface area (Å²) in [6, 6.07) is 21.2. The summed E-state index contributed by atoms with van der Waals surface area (Å²) in [6.07, 6.45) is 3.91. The smallest absolute Gasteiger partial charge is 0.126 e. The van der Waals surface area contributed by atoms with E-state index in [-0.39, 0.29) is 21.7 Å². The van der Waals surface area contributed by atoms with Crippen molar-refractivity contribution >= 4 is 0 Å². The molecule has 2 heteroatoms. The maximum absolute atomic E-state index is 6.66. The second kappa shape index (κ2) is 11.0. The molecule has 0 fully saturated rings. The molecular weight excluding hydrogens is 440 g/mol. The molecule has 0 bridgehead atoms. The van der Waals surface area contributed by atoms with Gasteiger partial charge in [0.25, 0.3) is 0 Å². The van der Waals surface area contributed by atoms with Gasteiger partial charge in [0.15, 0.2) is 0 Å². The summed E-state index contributed by atoms with van der Waals surface area (Å²) in [4.78, 5) is 13.3. The van der Waals surface area contributed by atoms with Gasteiger partial charge in [0.05, 0.1) is 0 Å². The molecule has 0 spiro atoms. The fraction of sp³-hybridized carbons (Fsp3) is 0.647. The van der Waals surface area contributed by atoms with Gasteiger partial charge in [-0.3, -0.25) is 0 Å². The minimum atomic E-state index is -0.583. The summed E-state index contributed by atoms with van der Waals surface area (Å²) in [7, 11) is 0. The molecule has 0 N–H and O–H groups in total. The van der Waals surface area contributed by atoms with Crippen molar-refractivity contribution < 1.29 is 9.78 Å². The van der Waals surface area contributed by atoms with Crippen molar-refractivity contribution in [2.45, 2.75) is 120 Å². The Morgan fingerprint density at radius 3 is 0.944 bits per heavy atom. The Balaban J connectivity index is 2.44. The second-order valence-corrected chi connectivity index (χ2v) is 15.5. The number of hydrogen-bond donors (Lipinski definition) is 0. The van der Waals surface area contributed by atoms with Crippen molar-refractivity contribution in [3.05, 3.63) is 71.8 Å². The molecule has 2 aromatic rings. The average Bonchev–Trinajstić information content (AvgIpc) is 2.69. The number of rotatable bonds is 11. The lowest BCUT2D eigenvalue weighted by Crippen LogP contribution is -2.40. The molecule has 2 unspecified atom stereocenters. The normalized spacial score (nSPS) is 16.9. The van der Waals surface area contributed by atoms with E-state index in [0.717, 1.165) is 36.8 Å². The Kier molecular flexibility index (Phi) is 9.34. The Bertz CT molecular complexity index is 851. The van der Waals surface area contributed by atoms with Crippen LogP contribution in [0.15, 0.2) is 60.7 Å². The lowest BCUT2D eigenvalue weighted by atomic mass is 9.69. The Morgan fingerprint density at radius 1 is 0.417 bits per heavy atom. The van der Waals surface area contributed by atoms with Crippen molar-refractivity contribution in [3.63, 3.8) is 0 Å². The van der Waals surface area contributed by atoms with Crippen molar-refractivity contribution in [3.8, 4) is 0 Å². The number of hydrogen-bond acceptors (Lipinski definition) is 2. The van der Waals surface area contributed by atoms with E-state index in [1.165, 1.54) is 0 Å². The van der Waals surface area contributed by atoms with E-state index in [0.29, 0.717) is 0 Å². The molecule has 0 aliphatic heterocycles. The van der Waals surface area contributed by atoms with Gasteiger partial charge in [0.2, 0.25) is 0 Å². The topological polar surface area (TPSA) is 18.5 Å². The van der Waals surface area contributed by atoms with E-state index in [1.807, 2.05) is 0 Å². The summed E-state index contributed by atoms with van der Waals surface area (Å²) in [5.41, 5.74) is 1.74. The van der Waals surface area contributed by atoms with Crippen LogP contribution >= 0.6 is 0 Å². The molecule has 0 aliphatic carbocycles. The molecule has 0 amide bonds. The van der Waals surface area contributed by atoms with Gasteiger partial charge in [0.1, 0.15) is 11.2 Å². The quantitative estimate of drug-likeness (QED) is 0.228. The maximum Gasteiger partial charge on any atom is 0.126 e. The van der Waals surface area contributed by atoms with Crippen LogP contribution in [0.3, 0.4) is 0 Å². The third-order valence-electron chi connectivity index (χ3n) is 6.83. The zero-order valence-corrected chi connectivity index (χ0v) is 25.4. The maximum atomic E-state index is 6.66. The highest BCUT2D eigenvalue weighted by Crippen LogP contribution is 2.48. The molecule has 2 rings (SSSR count). The van der Waals surface area contributed by atoms with Crippen LogP contribution in [0.4, 0.5) is 0 Å². The minimum absolute atomic E-state index is 0.0703. The van der Waals surface area contributed by atoms with Crippen molar-refractivity contribution in [1.82, 2.24) is 0 Å². The highest BCUT2D eigenvalue weighted by molar-refractivity contribution is 5.24. The van der Waals surface area contributed by atoms with Crippen LogP contribution in [0.5, 0.6) is 0 Å². The first-order valence-corrected chi connectivity index (χ1v) is 13.7. The molecule has 0 saturated carbocycles. The predicted octanol–water partition coefficient (Wildman–Crippen LogP) is 10.5. The Labute approximate surface area is 223 Å². The van der Waals surface area contributed by atoms with Crippen molar-refractivity contribution in [1.29, 1.82) is 0 Å². The summed E-state index contributed by atoms with van der Waals surface area (Å²) in [6.45, 7) is 27.7. The monoisotopic (exact) mass is 494 g/mol. The molecule has 0 radical (unpaired) electrons. The highest BCUT2D eigenvalue weighted by Gasteiger charge is 2.43. The highest BCUT2D eigenvalue weighted by atomic mass is 17.2. The van der Waals surface area contributed by atoms with Gasteiger partial charge in [-0.05, 0) is 72.3 Å². The molecule has 2 atom stereocenters. The third kappa shape index (κ3) is 9.67. The van der Waals surface area contributed by atoms with Gasteiger partial charge in [-0.25, -0.2) is 9.78 Å². The van der Waals surface area contributed by atoms with E-state index in [2.05, 4.69) is 144 Å². The average molecular weight is 495 g/mol. The lowest BCUT2D eigenvalue weighted by molar-refractivity contribution is -0.425. The van der Waals surface area contributed by atoms with Crippen LogP contribution in [0.1, 0.15) is 120 Å². The summed E-state index contributed by atoms with van der Waals surface area (Å²) in [5, 5.41) is 0. The molecule has 0 saturated heterocycles. The van der Waals surface area contributed by atoms with Crippen LogP contribution in [0, 0.1) is 21.7 Å². The number of benzene rings is 2. The van der Waals surface area contributed by atoms with E-state index < -0.39 is 11.2 Å². The molecule has 2 nitrogen and oxygen atoms in total. The SMILES string of the molecule is CC(C)(C)CC(C)(C)CC(C)(OOC(C)(CC(C)(C)CC(C)(C)C)c1ccccc1)c1ccccc1. The van der Waals surface area contributed by atoms with Crippen LogP contribution in [0.2, 0.25) is 0 Å². The summed E-state index contributed by atoms with van der Waals surface area (Å²) < 4.78 is 0. The molecule has 36 heavy (non-hydrogen) atoms. The fourth-order valence-electron chi connectivity index (χ4n) is 6.95. The van der Waals surface area contributed by atoms with Gasteiger partial charge in [-0.15, -0.1) is 0 Å². The summed E-state index contributed by atoms with van der Waals surface area (Å²) >= 11 is 0. The van der Waals surface area contributed by atoms with Gasteiger partial charge < -0.3 is 0 Å². The van der Waals surface area contributed by atoms with Gasteiger partial charge >= 0.3 is 0 Å². The first-order valence-electron chi connectivity index (χ1n) is 13.7. The van der Waals surface area contributed by atoms with Gasteiger partial charge in [0, 0.05) is 0 Å². The minimum Gasteiger partial charge on any atom is -0.225 e. The van der Waals surface area contributed by atoms with E-state index in [4.69, 9.17) is 9.78 Å². The molecular formula is C34H54O2. The van der Waals surface area contributed by atoms with Gasteiger partial charge in [-0.1, -0.05) is 130 Å². The van der Waals surface area contributed by atoms with Crippen LogP contribution in [-0.4, -0.2) is 0 Å². The Hall–Kier alpha value is -1.64. The van der Waals surface area contributed by atoms with E-state index >= 15 is 0 Å². The van der Waals surface area contributed by atoms with Crippen LogP contribution in [-0.2, 0) is 21.0 Å².